The number of aromatic nitrogens is 4. The van der Waals surface area contributed by atoms with Crippen molar-refractivity contribution in [3.05, 3.63) is 121 Å². The monoisotopic (exact) mass is 470 g/mol. The van der Waals surface area contributed by atoms with E-state index >= 15 is 0 Å². The summed E-state index contributed by atoms with van der Waals surface area (Å²) >= 11 is 6.31. The second-order valence-corrected chi connectivity index (χ2v) is 8.53. The van der Waals surface area contributed by atoms with E-state index in [4.69, 9.17) is 16.6 Å². The third kappa shape index (κ3) is 4.39. The molecule has 0 unspecified atom stereocenters. The number of fused-ring (bicyclic) bond motifs is 1. The van der Waals surface area contributed by atoms with Gasteiger partial charge in [-0.1, -0.05) is 97.1 Å². The second-order valence-electron chi connectivity index (χ2n) is 8.19. The Bertz CT molecular complexity index is 1630. The minimum atomic E-state index is 0.162. The van der Waals surface area contributed by atoms with Crippen LogP contribution in [0.25, 0.3) is 55.9 Å². The van der Waals surface area contributed by atoms with Gasteiger partial charge in [-0.3, -0.25) is 4.98 Å². The van der Waals surface area contributed by atoms with E-state index < -0.39 is 0 Å². The van der Waals surface area contributed by atoms with Gasteiger partial charge < -0.3 is 0 Å². The summed E-state index contributed by atoms with van der Waals surface area (Å²) in [7, 11) is 0. The molecule has 0 aliphatic rings. The Hall–Kier alpha value is -4.41. The fraction of sp³-hybridized carbons (Fsp3) is 0. The van der Waals surface area contributed by atoms with Gasteiger partial charge in [0.05, 0.1) is 5.69 Å². The quantitative estimate of drug-likeness (QED) is 0.264. The largest absolute Gasteiger partial charge is 0.256 e. The molecule has 6 rings (SSSR count). The molecule has 0 atom stereocenters. The van der Waals surface area contributed by atoms with Gasteiger partial charge in [-0.15, -0.1) is 0 Å². The van der Waals surface area contributed by atoms with E-state index in [-0.39, 0.29) is 5.28 Å². The molecule has 6 aromatic rings. The number of benzene rings is 4. The standard InChI is InChI=1S/C30H19ClN4/c31-30-34-28(23-13-11-21(12-14-23)20-7-3-1-4-8-20)33-29(35-30)25-16-15-24-18-27(32-19-26(24)17-25)22-9-5-2-6-10-22/h1-19H. The lowest BCUT2D eigenvalue weighted by Crippen LogP contribution is -1.97. The SMILES string of the molecule is Clc1nc(-c2ccc(-c3ccccc3)cc2)nc(-c2ccc3cc(-c4ccccc4)ncc3c2)n1. The van der Waals surface area contributed by atoms with Crippen LogP contribution in [0.2, 0.25) is 5.28 Å². The summed E-state index contributed by atoms with van der Waals surface area (Å²) in [5.41, 5.74) is 6.06. The maximum Gasteiger partial charge on any atom is 0.226 e. The molecule has 5 heteroatoms. The number of halogens is 1. The molecule has 0 fully saturated rings. The molecule has 0 saturated heterocycles. The van der Waals surface area contributed by atoms with Gasteiger partial charge in [0.2, 0.25) is 5.28 Å². The van der Waals surface area contributed by atoms with Crippen LogP contribution in [0.1, 0.15) is 0 Å². The highest BCUT2D eigenvalue weighted by molar-refractivity contribution is 6.28. The van der Waals surface area contributed by atoms with Crippen LogP contribution in [0.4, 0.5) is 0 Å². The van der Waals surface area contributed by atoms with Crippen LogP contribution in [0.5, 0.6) is 0 Å². The Morgan fingerprint density at radius 3 is 1.74 bits per heavy atom. The lowest BCUT2D eigenvalue weighted by atomic mass is 10.0. The summed E-state index contributed by atoms with van der Waals surface area (Å²) in [5, 5.41) is 2.27. The van der Waals surface area contributed by atoms with Gasteiger partial charge in [-0.25, -0.2) is 4.98 Å². The average molecular weight is 471 g/mol. The lowest BCUT2D eigenvalue weighted by Gasteiger charge is -2.08. The van der Waals surface area contributed by atoms with Crippen molar-refractivity contribution in [1.82, 2.24) is 19.9 Å². The number of rotatable bonds is 4. The summed E-state index contributed by atoms with van der Waals surface area (Å²) in [6.45, 7) is 0. The van der Waals surface area contributed by atoms with Gasteiger partial charge >= 0.3 is 0 Å². The molecule has 0 bridgehead atoms. The number of hydrogen-bond acceptors (Lipinski definition) is 4. The number of nitrogens with zero attached hydrogens (tertiary/aromatic N) is 4. The molecule has 35 heavy (non-hydrogen) atoms. The molecule has 4 aromatic carbocycles. The van der Waals surface area contributed by atoms with Crippen molar-refractivity contribution in [3.63, 3.8) is 0 Å². The Balaban J connectivity index is 1.34. The van der Waals surface area contributed by atoms with Crippen LogP contribution in [0, 0.1) is 0 Å². The third-order valence-electron chi connectivity index (χ3n) is 5.91. The fourth-order valence-corrected chi connectivity index (χ4v) is 4.26. The van der Waals surface area contributed by atoms with Gasteiger partial charge in [0.15, 0.2) is 11.6 Å². The zero-order valence-electron chi connectivity index (χ0n) is 18.6. The van der Waals surface area contributed by atoms with E-state index in [9.17, 15) is 0 Å². The van der Waals surface area contributed by atoms with Gasteiger partial charge in [-0.2, -0.15) is 9.97 Å². The number of hydrogen-bond donors (Lipinski definition) is 0. The van der Waals surface area contributed by atoms with E-state index in [2.05, 4.69) is 63.5 Å². The van der Waals surface area contributed by atoms with Crippen molar-refractivity contribution in [2.45, 2.75) is 0 Å². The van der Waals surface area contributed by atoms with Crippen molar-refractivity contribution in [1.29, 1.82) is 0 Å². The van der Waals surface area contributed by atoms with Gasteiger partial charge in [-0.05, 0) is 40.2 Å². The van der Waals surface area contributed by atoms with Crippen LogP contribution >= 0.6 is 11.6 Å². The number of pyridine rings is 1. The average Bonchev–Trinajstić information content (AvgIpc) is 2.93. The predicted octanol–water partition coefficient (Wildman–Crippen LogP) is 7.74. The first-order chi connectivity index (χ1) is 17.2. The molecule has 0 saturated carbocycles. The van der Waals surface area contributed by atoms with E-state index in [1.807, 2.05) is 66.9 Å². The highest BCUT2D eigenvalue weighted by Gasteiger charge is 2.11. The molecule has 0 N–H and O–H groups in total. The van der Waals surface area contributed by atoms with Crippen molar-refractivity contribution >= 4 is 22.4 Å². The molecule has 0 spiro atoms. The summed E-state index contributed by atoms with van der Waals surface area (Å²) in [6.07, 6.45) is 1.88. The van der Waals surface area contributed by atoms with Crippen molar-refractivity contribution in [2.75, 3.05) is 0 Å². The van der Waals surface area contributed by atoms with Crippen LogP contribution < -0.4 is 0 Å². The summed E-state index contributed by atoms with van der Waals surface area (Å²) in [6, 6.07) is 36.7. The van der Waals surface area contributed by atoms with Crippen molar-refractivity contribution in [3.8, 4) is 45.2 Å². The predicted molar refractivity (Wildman–Crippen MR) is 142 cm³/mol. The lowest BCUT2D eigenvalue weighted by molar-refractivity contribution is 1.07. The van der Waals surface area contributed by atoms with Crippen LogP contribution in [0.3, 0.4) is 0 Å². The maximum absolute atomic E-state index is 6.31. The Morgan fingerprint density at radius 2 is 1.03 bits per heavy atom. The minimum absolute atomic E-state index is 0.162. The second kappa shape index (κ2) is 9.09. The van der Waals surface area contributed by atoms with Gasteiger partial charge in [0.1, 0.15) is 0 Å². The van der Waals surface area contributed by atoms with Crippen molar-refractivity contribution in [2.24, 2.45) is 0 Å². The van der Waals surface area contributed by atoms with Crippen molar-refractivity contribution < 1.29 is 0 Å². The zero-order valence-corrected chi connectivity index (χ0v) is 19.4. The maximum atomic E-state index is 6.31. The molecular weight excluding hydrogens is 452 g/mol. The fourth-order valence-electron chi connectivity index (χ4n) is 4.10. The first-order valence-corrected chi connectivity index (χ1v) is 11.6. The minimum Gasteiger partial charge on any atom is -0.256 e. The van der Waals surface area contributed by atoms with Gasteiger partial charge in [0.25, 0.3) is 0 Å². The first-order valence-electron chi connectivity index (χ1n) is 11.3. The van der Waals surface area contributed by atoms with Crippen LogP contribution in [0.15, 0.2) is 115 Å². The third-order valence-corrected chi connectivity index (χ3v) is 6.08. The molecular formula is C30H19ClN4. The molecule has 166 valence electrons. The topological polar surface area (TPSA) is 51.6 Å². The van der Waals surface area contributed by atoms with E-state index in [0.717, 1.165) is 44.3 Å². The molecule has 2 heterocycles. The Labute approximate surface area is 208 Å². The molecule has 4 nitrogen and oxygen atoms in total. The normalized spacial score (nSPS) is 11.0. The van der Waals surface area contributed by atoms with Crippen LogP contribution in [-0.2, 0) is 0 Å². The van der Waals surface area contributed by atoms with E-state index in [1.54, 1.807) is 0 Å². The molecule has 0 amide bonds. The summed E-state index contributed by atoms with van der Waals surface area (Å²) in [5.74, 6) is 1.07. The first kappa shape index (κ1) is 21.1. The Morgan fingerprint density at radius 1 is 0.457 bits per heavy atom. The molecule has 0 aliphatic carbocycles. The highest BCUT2D eigenvalue weighted by Crippen LogP contribution is 2.28. The summed E-state index contributed by atoms with van der Waals surface area (Å²) in [4.78, 5) is 18.1. The zero-order chi connectivity index (χ0) is 23.6. The molecule has 2 aromatic heterocycles. The van der Waals surface area contributed by atoms with E-state index in [0.29, 0.717) is 11.6 Å². The smallest absolute Gasteiger partial charge is 0.226 e. The van der Waals surface area contributed by atoms with Crippen LogP contribution in [-0.4, -0.2) is 19.9 Å². The van der Waals surface area contributed by atoms with E-state index in [1.165, 1.54) is 0 Å². The summed E-state index contributed by atoms with van der Waals surface area (Å²) < 4.78 is 0. The highest BCUT2D eigenvalue weighted by atomic mass is 35.5. The Kier molecular flexibility index (Phi) is 5.49. The molecule has 0 aliphatic heterocycles. The molecule has 0 radical (unpaired) electrons. The van der Waals surface area contributed by atoms with Gasteiger partial charge in [0, 0.05) is 28.3 Å².